The second-order valence-electron chi connectivity index (χ2n) is 6.38. The van der Waals surface area contributed by atoms with E-state index in [4.69, 9.17) is 14.7 Å². The Bertz CT molecular complexity index is 994. The summed E-state index contributed by atoms with van der Waals surface area (Å²) in [4.78, 5) is 12.2. The minimum atomic E-state index is -0.0726. The van der Waals surface area contributed by atoms with Crippen LogP contribution in [0.25, 0.3) is 0 Å². The minimum Gasteiger partial charge on any atom is -0.493 e. The highest BCUT2D eigenvalue weighted by Gasteiger charge is 2.07. The second-order valence-corrected chi connectivity index (χ2v) is 6.38. The molecule has 29 heavy (non-hydrogen) atoms. The van der Waals surface area contributed by atoms with Gasteiger partial charge in [-0.3, -0.25) is 9.48 Å². The lowest BCUT2D eigenvalue weighted by Gasteiger charge is -2.11. The van der Waals surface area contributed by atoms with E-state index >= 15 is 0 Å². The fourth-order valence-electron chi connectivity index (χ4n) is 2.82. The number of amides is 1. The number of ether oxygens (including phenoxy) is 2. The molecule has 0 fully saturated rings. The lowest BCUT2D eigenvalue weighted by Crippen LogP contribution is -2.13. The molecule has 0 spiro atoms. The first-order valence-corrected chi connectivity index (χ1v) is 9.25. The van der Waals surface area contributed by atoms with Gasteiger partial charge in [-0.2, -0.15) is 10.4 Å². The first-order chi connectivity index (χ1) is 14.2. The van der Waals surface area contributed by atoms with Gasteiger partial charge in [-0.05, 0) is 42.3 Å². The van der Waals surface area contributed by atoms with Gasteiger partial charge in [0.25, 0.3) is 0 Å². The zero-order valence-corrected chi connectivity index (χ0v) is 16.2. The average molecular weight is 390 g/mol. The Labute approximate surface area is 169 Å². The highest BCUT2D eigenvalue weighted by molar-refractivity contribution is 5.90. The van der Waals surface area contributed by atoms with E-state index in [9.17, 15) is 4.79 Å². The third-order valence-corrected chi connectivity index (χ3v) is 4.21. The normalized spacial score (nSPS) is 10.2. The van der Waals surface area contributed by atoms with Gasteiger partial charge in [0.2, 0.25) is 5.91 Å². The molecule has 7 heteroatoms. The predicted octanol–water partition coefficient (Wildman–Crippen LogP) is 3.61. The third-order valence-electron chi connectivity index (χ3n) is 4.21. The van der Waals surface area contributed by atoms with Gasteiger partial charge in [-0.15, -0.1) is 0 Å². The van der Waals surface area contributed by atoms with Gasteiger partial charge in [-0.1, -0.05) is 12.1 Å². The molecule has 0 radical (unpaired) electrons. The molecule has 148 valence electrons. The van der Waals surface area contributed by atoms with Crippen molar-refractivity contribution < 1.29 is 14.3 Å². The van der Waals surface area contributed by atoms with E-state index < -0.39 is 0 Å². The standard InChI is InChI=1S/C22H22N4O3/c1-28-21-14-17(15-23)8-9-20(21)29-12-3-7-22(27)25-19-6-2-5-18(13-19)16-26-11-4-10-24-26/h2,4-6,8-11,13-14H,3,7,12,16H2,1H3,(H,25,27). The SMILES string of the molecule is COc1cc(C#N)ccc1OCCCC(=O)Nc1cccc(Cn2cccn2)c1. The van der Waals surface area contributed by atoms with Crippen LogP contribution < -0.4 is 14.8 Å². The maximum absolute atomic E-state index is 12.2. The number of methoxy groups -OCH3 is 1. The number of carbonyl (C=O) groups is 1. The average Bonchev–Trinajstić information content (AvgIpc) is 3.24. The van der Waals surface area contributed by atoms with E-state index in [1.54, 1.807) is 24.4 Å². The molecule has 0 aliphatic heterocycles. The van der Waals surface area contributed by atoms with Crippen molar-refractivity contribution in [2.45, 2.75) is 19.4 Å². The van der Waals surface area contributed by atoms with Crippen LogP contribution in [0.4, 0.5) is 5.69 Å². The van der Waals surface area contributed by atoms with E-state index in [1.165, 1.54) is 7.11 Å². The molecule has 0 saturated carbocycles. The molecule has 1 heterocycles. The van der Waals surface area contributed by atoms with Crippen molar-refractivity contribution in [1.82, 2.24) is 9.78 Å². The molecule has 0 aliphatic rings. The van der Waals surface area contributed by atoms with Gasteiger partial charge in [0, 0.05) is 30.6 Å². The summed E-state index contributed by atoms with van der Waals surface area (Å²) in [7, 11) is 1.53. The number of anilines is 1. The topological polar surface area (TPSA) is 89.2 Å². The van der Waals surface area contributed by atoms with E-state index in [-0.39, 0.29) is 5.91 Å². The van der Waals surface area contributed by atoms with Crippen molar-refractivity contribution in [3.05, 3.63) is 72.1 Å². The van der Waals surface area contributed by atoms with E-state index in [0.29, 0.717) is 43.1 Å². The highest BCUT2D eigenvalue weighted by atomic mass is 16.5. The predicted molar refractivity (Wildman–Crippen MR) is 109 cm³/mol. The number of hydrogen-bond donors (Lipinski definition) is 1. The lowest BCUT2D eigenvalue weighted by atomic mass is 10.2. The zero-order chi connectivity index (χ0) is 20.5. The van der Waals surface area contributed by atoms with Crippen LogP contribution in [-0.2, 0) is 11.3 Å². The first kappa shape index (κ1) is 20.0. The van der Waals surface area contributed by atoms with Gasteiger partial charge in [-0.25, -0.2) is 0 Å². The number of aromatic nitrogens is 2. The molecule has 1 amide bonds. The third kappa shape index (κ3) is 5.84. The fraction of sp³-hybridized carbons (Fsp3) is 0.227. The molecule has 0 bridgehead atoms. The summed E-state index contributed by atoms with van der Waals surface area (Å²) in [6, 6.07) is 16.6. The molecule has 1 aromatic heterocycles. The number of nitrogens with zero attached hydrogens (tertiary/aromatic N) is 3. The number of benzene rings is 2. The number of carbonyl (C=O) groups excluding carboxylic acids is 1. The number of rotatable bonds is 9. The number of nitriles is 1. The summed E-state index contributed by atoms with van der Waals surface area (Å²) in [6.45, 7) is 1.02. The van der Waals surface area contributed by atoms with Gasteiger partial charge < -0.3 is 14.8 Å². The molecule has 0 atom stereocenters. The van der Waals surface area contributed by atoms with Gasteiger partial charge >= 0.3 is 0 Å². The van der Waals surface area contributed by atoms with E-state index in [0.717, 1.165) is 11.3 Å². The van der Waals surface area contributed by atoms with Crippen LogP contribution in [0.2, 0.25) is 0 Å². The molecule has 3 rings (SSSR count). The number of hydrogen-bond acceptors (Lipinski definition) is 5. The Morgan fingerprint density at radius 1 is 1.21 bits per heavy atom. The van der Waals surface area contributed by atoms with Crippen LogP contribution in [0.15, 0.2) is 60.9 Å². The second kappa shape index (κ2) is 9.95. The summed E-state index contributed by atoms with van der Waals surface area (Å²) in [5.74, 6) is 0.984. The summed E-state index contributed by atoms with van der Waals surface area (Å²) < 4.78 is 12.7. The van der Waals surface area contributed by atoms with Crippen molar-refractivity contribution >= 4 is 11.6 Å². The zero-order valence-electron chi connectivity index (χ0n) is 16.2. The maximum atomic E-state index is 12.2. The quantitative estimate of drug-likeness (QED) is 0.564. The van der Waals surface area contributed by atoms with Crippen LogP contribution >= 0.6 is 0 Å². The first-order valence-electron chi connectivity index (χ1n) is 9.25. The Morgan fingerprint density at radius 3 is 2.86 bits per heavy atom. The Hall–Kier alpha value is -3.79. The number of nitrogens with one attached hydrogen (secondary N) is 1. The molecule has 0 saturated heterocycles. The van der Waals surface area contributed by atoms with Crippen molar-refractivity contribution in [3.63, 3.8) is 0 Å². The van der Waals surface area contributed by atoms with Gasteiger partial charge in [0.15, 0.2) is 11.5 Å². The molecule has 3 aromatic rings. The highest BCUT2D eigenvalue weighted by Crippen LogP contribution is 2.28. The smallest absolute Gasteiger partial charge is 0.224 e. The van der Waals surface area contributed by atoms with E-state index in [2.05, 4.69) is 16.5 Å². The van der Waals surface area contributed by atoms with Crippen molar-refractivity contribution in [1.29, 1.82) is 5.26 Å². The lowest BCUT2D eigenvalue weighted by molar-refractivity contribution is -0.116. The van der Waals surface area contributed by atoms with Crippen molar-refractivity contribution in [2.75, 3.05) is 19.0 Å². The Morgan fingerprint density at radius 2 is 2.10 bits per heavy atom. The molecular weight excluding hydrogens is 368 g/mol. The fourth-order valence-corrected chi connectivity index (χ4v) is 2.82. The molecule has 2 aromatic carbocycles. The summed E-state index contributed by atoms with van der Waals surface area (Å²) >= 11 is 0. The molecule has 0 unspecified atom stereocenters. The van der Waals surface area contributed by atoms with Crippen molar-refractivity contribution in [3.8, 4) is 17.6 Å². The Balaban J connectivity index is 1.45. The van der Waals surface area contributed by atoms with Gasteiger partial charge in [0.1, 0.15) is 0 Å². The van der Waals surface area contributed by atoms with Crippen LogP contribution in [0.1, 0.15) is 24.0 Å². The minimum absolute atomic E-state index is 0.0726. The largest absolute Gasteiger partial charge is 0.493 e. The van der Waals surface area contributed by atoms with Crippen LogP contribution in [0.3, 0.4) is 0 Å². The molecule has 0 aliphatic carbocycles. The van der Waals surface area contributed by atoms with Crippen LogP contribution in [0, 0.1) is 11.3 Å². The Kier molecular flexibility index (Phi) is 6.85. The summed E-state index contributed by atoms with van der Waals surface area (Å²) in [5.41, 5.74) is 2.32. The molecule has 7 nitrogen and oxygen atoms in total. The van der Waals surface area contributed by atoms with Crippen LogP contribution in [-0.4, -0.2) is 29.4 Å². The monoisotopic (exact) mass is 390 g/mol. The van der Waals surface area contributed by atoms with Crippen molar-refractivity contribution in [2.24, 2.45) is 0 Å². The summed E-state index contributed by atoms with van der Waals surface area (Å²) in [5, 5.41) is 16.0. The maximum Gasteiger partial charge on any atom is 0.224 e. The summed E-state index contributed by atoms with van der Waals surface area (Å²) in [6.07, 6.45) is 4.53. The molecular formula is C22H22N4O3. The van der Waals surface area contributed by atoms with Crippen LogP contribution in [0.5, 0.6) is 11.5 Å². The van der Waals surface area contributed by atoms with Gasteiger partial charge in [0.05, 0.1) is 31.9 Å². The molecule has 1 N–H and O–H groups in total. The van der Waals surface area contributed by atoms with E-state index in [1.807, 2.05) is 41.2 Å².